The maximum absolute atomic E-state index is 2.48. The van der Waals surface area contributed by atoms with Crippen LogP contribution in [0.5, 0.6) is 0 Å². The summed E-state index contributed by atoms with van der Waals surface area (Å²) in [5, 5.41) is 0. The Labute approximate surface area is 149 Å². The Bertz CT molecular complexity index is 211. The molecule has 0 nitrogen and oxygen atoms in total. The van der Waals surface area contributed by atoms with Crippen molar-refractivity contribution in [3.05, 3.63) is 0 Å². The number of hydrogen-bond donors (Lipinski definition) is 0. The Balaban J connectivity index is 3.10. The summed E-state index contributed by atoms with van der Waals surface area (Å²) in [5.74, 6) is 8.19. The molecule has 0 aromatic heterocycles. The van der Waals surface area contributed by atoms with Crippen molar-refractivity contribution in [3.63, 3.8) is 0 Å². The molecule has 0 radical (unpaired) electrons. The molecule has 0 N–H and O–H groups in total. The fourth-order valence-electron chi connectivity index (χ4n) is 1.95. The van der Waals surface area contributed by atoms with Crippen molar-refractivity contribution in [1.82, 2.24) is 0 Å². The molecule has 0 saturated heterocycles. The fraction of sp³-hybridized carbons (Fsp3) is 1.00. The summed E-state index contributed by atoms with van der Waals surface area (Å²) in [6.45, 7) is 14.9. The highest BCUT2D eigenvalue weighted by Crippen LogP contribution is 2.17. The molecule has 0 bridgehead atoms. The third-order valence-corrected chi connectivity index (χ3v) is 10.5. The summed E-state index contributed by atoms with van der Waals surface area (Å²) < 4.78 is 0. The summed E-state index contributed by atoms with van der Waals surface area (Å²) in [5.41, 5.74) is 0. The van der Waals surface area contributed by atoms with Crippen molar-refractivity contribution in [2.24, 2.45) is 0 Å². The summed E-state index contributed by atoms with van der Waals surface area (Å²) in [6, 6.07) is 3.00. The Morgan fingerprint density at radius 3 is 1.05 bits per heavy atom. The molecule has 5 heteroatoms. The second-order valence-corrected chi connectivity index (χ2v) is 23.1. The minimum absolute atomic E-state index is 0.785. The maximum Gasteiger partial charge on any atom is 0.0442 e. The molecule has 0 amide bonds. The molecule has 0 aliphatic heterocycles. The van der Waals surface area contributed by atoms with Gasteiger partial charge in [0.2, 0.25) is 0 Å². The van der Waals surface area contributed by atoms with E-state index in [4.69, 9.17) is 0 Å². The predicted molar refractivity (Wildman–Crippen MR) is 118 cm³/mol. The maximum atomic E-state index is 2.48. The van der Waals surface area contributed by atoms with Gasteiger partial charge >= 0.3 is 0 Å². The van der Waals surface area contributed by atoms with Gasteiger partial charge < -0.3 is 0 Å². The molecule has 0 fully saturated rings. The molecule has 0 atom stereocenters. The first-order valence-electron chi connectivity index (χ1n) is 8.44. The molecular formula is C16H38S3Si2. The van der Waals surface area contributed by atoms with Gasteiger partial charge in [-0.1, -0.05) is 51.4 Å². The quantitative estimate of drug-likeness (QED) is 0.244. The molecular weight excluding hydrogens is 345 g/mol. The first-order valence-corrected chi connectivity index (χ1v) is 19.3. The predicted octanol–water partition coefficient (Wildman–Crippen LogP) is 6.64. The lowest BCUT2D eigenvalue weighted by Crippen LogP contribution is -2.18. The molecule has 0 aliphatic rings. The van der Waals surface area contributed by atoms with E-state index < -0.39 is 16.1 Å². The number of hydrogen-bond acceptors (Lipinski definition) is 3. The molecule has 0 rings (SSSR count). The normalized spacial score (nSPS) is 12.9. The van der Waals surface area contributed by atoms with Gasteiger partial charge in [-0.3, -0.25) is 0 Å². The van der Waals surface area contributed by atoms with Crippen LogP contribution in [-0.2, 0) is 0 Å². The van der Waals surface area contributed by atoms with Crippen molar-refractivity contribution in [2.75, 3.05) is 34.5 Å². The van der Waals surface area contributed by atoms with Crippen molar-refractivity contribution >= 4 is 51.4 Å². The van der Waals surface area contributed by atoms with Crippen molar-refractivity contribution in [3.8, 4) is 0 Å². The zero-order valence-electron chi connectivity index (χ0n) is 15.3. The van der Waals surface area contributed by atoms with Gasteiger partial charge in [-0.15, -0.1) is 0 Å². The highest BCUT2D eigenvalue weighted by molar-refractivity contribution is 8.04. The van der Waals surface area contributed by atoms with Crippen LogP contribution in [0.3, 0.4) is 0 Å². The summed E-state index contributed by atoms with van der Waals surface area (Å²) >= 11 is 6.49. The second kappa shape index (κ2) is 12.9. The van der Waals surface area contributed by atoms with Crippen LogP contribution >= 0.6 is 35.3 Å². The van der Waals surface area contributed by atoms with Gasteiger partial charge in [-0.25, -0.2) is 0 Å². The highest BCUT2D eigenvalue weighted by Gasteiger charge is 2.12. The van der Waals surface area contributed by atoms with Crippen LogP contribution in [0.15, 0.2) is 0 Å². The van der Waals surface area contributed by atoms with Crippen LogP contribution in [0.25, 0.3) is 0 Å². The first-order chi connectivity index (χ1) is 9.71. The van der Waals surface area contributed by atoms with Gasteiger partial charge in [0.05, 0.1) is 0 Å². The largest absolute Gasteiger partial charge is 0.161 e. The van der Waals surface area contributed by atoms with Crippen LogP contribution in [0.2, 0.25) is 51.4 Å². The fourth-order valence-corrected chi connectivity index (χ4v) is 8.13. The van der Waals surface area contributed by atoms with Crippen LogP contribution in [0, 0.1) is 0 Å². The SMILES string of the molecule is C[Si](C)(C)CCCSCCSCCSCCC[Si](C)(C)C. The standard InChI is InChI=1S/C16H38S3Si2/c1-20(2,3)15-7-9-17-11-13-19-14-12-18-10-8-16-21(4,5)6/h7-16H2,1-6H3. The van der Waals surface area contributed by atoms with E-state index in [1.54, 1.807) is 0 Å². The Kier molecular flexibility index (Phi) is 13.8. The Morgan fingerprint density at radius 1 is 0.476 bits per heavy atom. The molecule has 0 aliphatic carbocycles. The molecule has 128 valence electrons. The lowest BCUT2D eigenvalue weighted by atomic mass is 10.6. The van der Waals surface area contributed by atoms with Crippen LogP contribution < -0.4 is 0 Å². The van der Waals surface area contributed by atoms with Crippen molar-refractivity contribution < 1.29 is 0 Å². The third-order valence-electron chi connectivity index (χ3n) is 3.17. The summed E-state index contributed by atoms with van der Waals surface area (Å²) in [7, 11) is -1.57. The molecule has 0 aromatic rings. The van der Waals surface area contributed by atoms with Crippen LogP contribution in [0.1, 0.15) is 12.8 Å². The molecule has 0 aromatic carbocycles. The molecule has 0 saturated carbocycles. The molecule has 21 heavy (non-hydrogen) atoms. The number of rotatable bonds is 14. The first kappa shape index (κ1) is 22.5. The van der Waals surface area contributed by atoms with Gasteiger partial charge in [0, 0.05) is 39.2 Å². The van der Waals surface area contributed by atoms with E-state index in [2.05, 4.69) is 74.6 Å². The van der Waals surface area contributed by atoms with E-state index in [0.717, 1.165) is 0 Å². The monoisotopic (exact) mass is 382 g/mol. The smallest absolute Gasteiger partial charge is 0.0442 e. The van der Waals surface area contributed by atoms with Gasteiger partial charge in [-0.2, -0.15) is 35.3 Å². The van der Waals surface area contributed by atoms with E-state index in [1.165, 1.54) is 59.4 Å². The van der Waals surface area contributed by atoms with Gasteiger partial charge in [0.15, 0.2) is 0 Å². The zero-order valence-corrected chi connectivity index (χ0v) is 19.7. The van der Waals surface area contributed by atoms with Crippen molar-refractivity contribution in [2.45, 2.75) is 64.2 Å². The minimum Gasteiger partial charge on any atom is -0.161 e. The topological polar surface area (TPSA) is 0 Å². The lowest BCUT2D eigenvalue weighted by Gasteiger charge is -2.14. The van der Waals surface area contributed by atoms with Crippen molar-refractivity contribution in [1.29, 1.82) is 0 Å². The summed E-state index contributed by atoms with van der Waals surface area (Å²) in [4.78, 5) is 0. The van der Waals surface area contributed by atoms with E-state index in [0.29, 0.717) is 0 Å². The number of thioether (sulfide) groups is 3. The van der Waals surface area contributed by atoms with E-state index in [-0.39, 0.29) is 0 Å². The van der Waals surface area contributed by atoms with Gasteiger partial charge in [0.1, 0.15) is 0 Å². The van der Waals surface area contributed by atoms with E-state index >= 15 is 0 Å². The van der Waals surface area contributed by atoms with E-state index in [1.807, 2.05) is 0 Å². The molecule has 0 unspecified atom stereocenters. The highest BCUT2D eigenvalue weighted by atomic mass is 32.2. The third kappa shape index (κ3) is 21.5. The second-order valence-electron chi connectivity index (χ2n) is 8.17. The average molecular weight is 383 g/mol. The Hall–Kier alpha value is 1.48. The van der Waals surface area contributed by atoms with Gasteiger partial charge in [0.25, 0.3) is 0 Å². The average Bonchev–Trinajstić information content (AvgIpc) is 2.32. The lowest BCUT2D eigenvalue weighted by molar-refractivity contribution is 1.06. The molecule has 0 spiro atoms. The Morgan fingerprint density at radius 2 is 0.762 bits per heavy atom. The van der Waals surface area contributed by atoms with E-state index in [9.17, 15) is 0 Å². The van der Waals surface area contributed by atoms with Crippen LogP contribution in [0.4, 0.5) is 0 Å². The summed E-state index contributed by atoms with van der Waals surface area (Å²) in [6.07, 6.45) is 2.88. The minimum atomic E-state index is -0.785. The van der Waals surface area contributed by atoms with Gasteiger partial charge in [-0.05, 0) is 24.3 Å². The molecule has 0 heterocycles. The van der Waals surface area contributed by atoms with Crippen LogP contribution in [-0.4, -0.2) is 50.7 Å². The zero-order chi connectivity index (χ0) is 16.2.